The van der Waals surface area contributed by atoms with Gasteiger partial charge in [-0.1, -0.05) is 29.8 Å². The Labute approximate surface area is 215 Å². The molecule has 0 aliphatic carbocycles. The Bertz CT molecular complexity index is 1450. The highest BCUT2D eigenvalue weighted by Crippen LogP contribution is 2.25. The van der Waals surface area contributed by atoms with Crippen LogP contribution in [0, 0.1) is 18.3 Å². The Morgan fingerprint density at radius 1 is 1.08 bits per heavy atom. The Kier molecular flexibility index (Phi) is 7.94. The largest absolute Gasteiger partial charge is 0.494 e. The highest BCUT2D eigenvalue weighted by atomic mass is 35.5. The third-order valence-corrected chi connectivity index (χ3v) is 6.06. The molecule has 0 bridgehead atoms. The molecule has 0 atom stereocenters. The number of hydrogen-bond acceptors (Lipinski definition) is 4. The third kappa shape index (κ3) is 5.88. The molecule has 0 radical (unpaired) electrons. The quantitative estimate of drug-likeness (QED) is 0.207. The molecule has 6 nitrogen and oxygen atoms in total. The summed E-state index contributed by atoms with van der Waals surface area (Å²) < 4.78 is 13.4. The molecule has 1 heterocycles. The van der Waals surface area contributed by atoms with Crippen LogP contribution in [0.4, 0.5) is 5.69 Å². The summed E-state index contributed by atoms with van der Waals surface area (Å²) >= 11 is 6.10. The van der Waals surface area contributed by atoms with E-state index in [0.717, 1.165) is 33.5 Å². The van der Waals surface area contributed by atoms with Gasteiger partial charge in [0.2, 0.25) is 0 Å². The van der Waals surface area contributed by atoms with E-state index in [4.69, 9.17) is 21.1 Å². The number of nitrogens with zero attached hydrogens (tertiary/aromatic N) is 2. The van der Waals surface area contributed by atoms with Crippen molar-refractivity contribution in [1.82, 2.24) is 4.57 Å². The van der Waals surface area contributed by atoms with Gasteiger partial charge in [-0.25, -0.2) is 0 Å². The first kappa shape index (κ1) is 24.9. The van der Waals surface area contributed by atoms with Gasteiger partial charge in [0.05, 0.1) is 13.2 Å². The predicted molar refractivity (Wildman–Crippen MR) is 143 cm³/mol. The number of aromatic nitrogens is 1. The van der Waals surface area contributed by atoms with Crippen LogP contribution in [0.5, 0.6) is 11.5 Å². The SMILES string of the molecule is CCOc1ccc(NC(=O)C(C#N)=Cc2cn(CCOc3ccc(Cl)c(C)c3)c3ccccc23)cc1. The number of para-hydroxylation sites is 1. The lowest BCUT2D eigenvalue weighted by molar-refractivity contribution is -0.112. The first-order valence-electron chi connectivity index (χ1n) is 11.6. The molecule has 0 saturated heterocycles. The Morgan fingerprint density at radius 3 is 2.56 bits per heavy atom. The molecule has 1 aromatic heterocycles. The van der Waals surface area contributed by atoms with Crippen molar-refractivity contribution < 1.29 is 14.3 Å². The molecule has 0 fully saturated rings. The number of nitrogens with one attached hydrogen (secondary N) is 1. The minimum absolute atomic E-state index is 0.0136. The summed E-state index contributed by atoms with van der Waals surface area (Å²) in [5, 5.41) is 14.1. The molecule has 1 amide bonds. The number of carbonyl (C=O) groups is 1. The summed E-state index contributed by atoms with van der Waals surface area (Å²) in [6.07, 6.45) is 3.55. The number of amides is 1. The van der Waals surface area contributed by atoms with Gasteiger partial charge in [-0.2, -0.15) is 5.26 Å². The van der Waals surface area contributed by atoms with Gasteiger partial charge in [-0.3, -0.25) is 4.79 Å². The molecule has 0 spiro atoms. The average molecular weight is 500 g/mol. The Hall–Kier alpha value is -4.21. The number of aryl methyl sites for hydroxylation is 1. The summed E-state index contributed by atoms with van der Waals surface area (Å²) in [6.45, 7) is 5.45. The van der Waals surface area contributed by atoms with Gasteiger partial charge < -0.3 is 19.4 Å². The van der Waals surface area contributed by atoms with E-state index < -0.39 is 5.91 Å². The normalized spacial score (nSPS) is 11.2. The van der Waals surface area contributed by atoms with Gasteiger partial charge in [0.1, 0.15) is 29.7 Å². The van der Waals surface area contributed by atoms with Crippen molar-refractivity contribution >= 4 is 40.2 Å². The maximum absolute atomic E-state index is 12.8. The number of carbonyl (C=O) groups excluding carboxylic acids is 1. The highest BCUT2D eigenvalue weighted by molar-refractivity contribution is 6.31. The zero-order chi connectivity index (χ0) is 25.5. The van der Waals surface area contributed by atoms with Crippen molar-refractivity contribution in [2.75, 3.05) is 18.5 Å². The summed E-state index contributed by atoms with van der Waals surface area (Å²) in [4.78, 5) is 12.8. The summed E-state index contributed by atoms with van der Waals surface area (Å²) in [6, 6.07) is 22.5. The standard InChI is InChI=1S/C29H26ClN3O3/c1-3-35-24-10-8-23(9-11-24)32-29(34)21(18-31)17-22-19-33(28-7-5-4-6-26(22)28)14-15-36-25-12-13-27(30)20(2)16-25/h4-13,16-17,19H,3,14-15H2,1-2H3,(H,32,34). The molecule has 0 aliphatic rings. The van der Waals surface area contributed by atoms with E-state index in [-0.39, 0.29) is 5.57 Å². The minimum Gasteiger partial charge on any atom is -0.494 e. The van der Waals surface area contributed by atoms with Crippen LogP contribution < -0.4 is 14.8 Å². The van der Waals surface area contributed by atoms with E-state index in [0.29, 0.717) is 30.5 Å². The van der Waals surface area contributed by atoms with Crippen molar-refractivity contribution in [3.05, 3.63) is 94.6 Å². The summed E-state index contributed by atoms with van der Waals surface area (Å²) in [5.74, 6) is 1.00. The van der Waals surface area contributed by atoms with Crippen molar-refractivity contribution in [1.29, 1.82) is 5.26 Å². The fourth-order valence-electron chi connectivity index (χ4n) is 3.85. The predicted octanol–water partition coefficient (Wildman–Crippen LogP) is 6.63. The molecule has 36 heavy (non-hydrogen) atoms. The van der Waals surface area contributed by atoms with Crippen LogP contribution in [0.25, 0.3) is 17.0 Å². The zero-order valence-corrected chi connectivity index (χ0v) is 20.9. The molecular formula is C29H26ClN3O3. The molecule has 0 saturated carbocycles. The van der Waals surface area contributed by atoms with Crippen LogP contribution in [-0.2, 0) is 11.3 Å². The van der Waals surface area contributed by atoms with Gasteiger partial charge in [0.25, 0.3) is 5.91 Å². The summed E-state index contributed by atoms with van der Waals surface area (Å²) in [7, 11) is 0. The Balaban J connectivity index is 1.51. The second-order valence-electron chi connectivity index (χ2n) is 8.14. The highest BCUT2D eigenvalue weighted by Gasteiger charge is 2.13. The maximum atomic E-state index is 12.8. The molecule has 0 aliphatic heterocycles. The van der Waals surface area contributed by atoms with E-state index >= 15 is 0 Å². The molecule has 1 N–H and O–H groups in total. The van der Waals surface area contributed by atoms with Gasteiger partial charge in [-0.15, -0.1) is 0 Å². The lowest BCUT2D eigenvalue weighted by Crippen LogP contribution is -2.13. The lowest BCUT2D eigenvalue weighted by Gasteiger charge is -2.09. The third-order valence-electron chi connectivity index (χ3n) is 5.64. The lowest BCUT2D eigenvalue weighted by atomic mass is 10.1. The van der Waals surface area contributed by atoms with E-state index in [9.17, 15) is 10.1 Å². The number of nitriles is 1. The fraction of sp³-hybridized carbons (Fsp3) is 0.172. The van der Waals surface area contributed by atoms with Gasteiger partial charge in [0.15, 0.2) is 0 Å². The van der Waals surface area contributed by atoms with Crippen molar-refractivity contribution in [3.8, 4) is 17.6 Å². The molecule has 4 rings (SSSR count). The second kappa shape index (κ2) is 11.5. The summed E-state index contributed by atoms with van der Waals surface area (Å²) in [5.41, 5.74) is 3.33. The van der Waals surface area contributed by atoms with Crippen molar-refractivity contribution in [3.63, 3.8) is 0 Å². The van der Waals surface area contributed by atoms with Crippen LogP contribution in [0.1, 0.15) is 18.1 Å². The van der Waals surface area contributed by atoms with Crippen LogP contribution in [0.3, 0.4) is 0 Å². The van der Waals surface area contributed by atoms with E-state index in [1.54, 1.807) is 30.3 Å². The smallest absolute Gasteiger partial charge is 0.266 e. The van der Waals surface area contributed by atoms with E-state index in [1.807, 2.05) is 68.6 Å². The molecule has 0 unspecified atom stereocenters. The number of hydrogen-bond donors (Lipinski definition) is 1. The van der Waals surface area contributed by atoms with Crippen LogP contribution >= 0.6 is 11.6 Å². The van der Waals surface area contributed by atoms with Crippen molar-refractivity contribution in [2.45, 2.75) is 20.4 Å². The number of benzene rings is 3. The molecule has 182 valence electrons. The number of rotatable bonds is 9. The molecule has 4 aromatic rings. The van der Waals surface area contributed by atoms with Gasteiger partial charge >= 0.3 is 0 Å². The van der Waals surface area contributed by atoms with Crippen LogP contribution in [0.2, 0.25) is 5.02 Å². The monoisotopic (exact) mass is 499 g/mol. The topological polar surface area (TPSA) is 76.3 Å². The first-order valence-corrected chi connectivity index (χ1v) is 12.0. The number of anilines is 1. The van der Waals surface area contributed by atoms with Crippen molar-refractivity contribution in [2.24, 2.45) is 0 Å². The second-order valence-corrected chi connectivity index (χ2v) is 8.54. The molecular weight excluding hydrogens is 474 g/mol. The average Bonchev–Trinajstić information content (AvgIpc) is 3.23. The van der Waals surface area contributed by atoms with Crippen LogP contribution in [-0.4, -0.2) is 23.7 Å². The maximum Gasteiger partial charge on any atom is 0.266 e. The minimum atomic E-state index is -0.472. The van der Waals surface area contributed by atoms with E-state index in [1.165, 1.54) is 0 Å². The molecule has 3 aromatic carbocycles. The van der Waals surface area contributed by atoms with Gasteiger partial charge in [0, 0.05) is 33.4 Å². The Morgan fingerprint density at radius 2 is 1.83 bits per heavy atom. The number of ether oxygens (including phenoxy) is 2. The molecule has 7 heteroatoms. The number of halogens is 1. The first-order chi connectivity index (χ1) is 17.5. The van der Waals surface area contributed by atoms with Gasteiger partial charge in [-0.05, 0) is 74.0 Å². The van der Waals surface area contributed by atoms with Crippen LogP contribution in [0.15, 0.2) is 78.5 Å². The fourth-order valence-corrected chi connectivity index (χ4v) is 3.97. The van der Waals surface area contributed by atoms with E-state index in [2.05, 4.69) is 9.88 Å². The zero-order valence-electron chi connectivity index (χ0n) is 20.1. The number of fused-ring (bicyclic) bond motifs is 1.